The molecule has 3 aliphatic rings. The molecule has 4 rings (SSSR count). The fourth-order valence-electron chi connectivity index (χ4n) is 3.39. The molecule has 3 aliphatic heterocycles. The molecule has 3 heterocycles. The number of carbonyl (C=O) groups is 1. The summed E-state index contributed by atoms with van der Waals surface area (Å²) in [5.41, 5.74) is 0.665. The molecular formula is C15H20Cl2N3O+. The first-order chi connectivity index (χ1) is 9.98. The first kappa shape index (κ1) is 15.1. The lowest BCUT2D eigenvalue weighted by atomic mass is 10.1. The molecule has 114 valence electrons. The highest BCUT2D eigenvalue weighted by Crippen LogP contribution is 2.26. The Balaban J connectivity index is 1.72. The molecule has 0 aromatic heterocycles. The van der Waals surface area contributed by atoms with E-state index >= 15 is 0 Å². The minimum atomic E-state index is -0.0507. The van der Waals surface area contributed by atoms with Crippen LogP contribution in [0.2, 0.25) is 10.0 Å². The van der Waals surface area contributed by atoms with Crippen molar-refractivity contribution in [3.63, 3.8) is 0 Å². The van der Waals surface area contributed by atoms with E-state index in [9.17, 15) is 4.79 Å². The van der Waals surface area contributed by atoms with Crippen molar-refractivity contribution in [2.24, 2.45) is 0 Å². The first-order valence-electron chi connectivity index (χ1n) is 7.34. The number of piperazine rings is 3. The van der Waals surface area contributed by atoms with Crippen LogP contribution in [0.25, 0.3) is 0 Å². The molecule has 1 aromatic carbocycles. The average molecular weight is 329 g/mol. The number of carbonyl (C=O) groups excluding carboxylic acids is 1. The van der Waals surface area contributed by atoms with E-state index in [2.05, 4.69) is 10.2 Å². The van der Waals surface area contributed by atoms with Gasteiger partial charge in [0.15, 0.2) is 6.04 Å². The average Bonchev–Trinajstić information content (AvgIpc) is 2.47. The maximum Gasteiger partial charge on any atom is 0.282 e. The van der Waals surface area contributed by atoms with Crippen LogP contribution in [0.5, 0.6) is 0 Å². The standard InChI is InChI=1S/C15H19Cl2N3O/c1-11(20-5-2-19(3-6-20)4-7-20)15(21)18-14-9-12(16)8-13(17)10-14/h8-11H,2-7H2,1H3/p+1/t11-/m0/s1. The molecule has 2 bridgehead atoms. The summed E-state index contributed by atoms with van der Waals surface area (Å²) in [6.07, 6.45) is 0. The first-order valence-corrected chi connectivity index (χ1v) is 8.09. The molecule has 0 aliphatic carbocycles. The Morgan fingerprint density at radius 1 is 1.14 bits per heavy atom. The summed E-state index contributed by atoms with van der Waals surface area (Å²) < 4.78 is 0.899. The fourth-order valence-corrected chi connectivity index (χ4v) is 3.92. The van der Waals surface area contributed by atoms with Gasteiger partial charge in [-0.2, -0.15) is 0 Å². The van der Waals surface area contributed by atoms with Gasteiger partial charge in [0.05, 0.1) is 19.6 Å². The number of hydrogen-bond donors (Lipinski definition) is 1. The number of rotatable bonds is 3. The predicted molar refractivity (Wildman–Crippen MR) is 85.9 cm³/mol. The van der Waals surface area contributed by atoms with E-state index in [0.29, 0.717) is 15.7 Å². The zero-order valence-electron chi connectivity index (χ0n) is 12.1. The predicted octanol–water partition coefficient (Wildman–Crippen LogP) is 2.47. The summed E-state index contributed by atoms with van der Waals surface area (Å²) in [6.45, 7) is 8.50. The normalized spacial score (nSPS) is 29.2. The van der Waals surface area contributed by atoms with E-state index in [1.807, 2.05) is 6.92 Å². The molecule has 6 heteroatoms. The second-order valence-corrected chi connectivity index (χ2v) is 6.93. The van der Waals surface area contributed by atoms with Gasteiger partial charge in [0, 0.05) is 35.4 Å². The van der Waals surface area contributed by atoms with Crippen LogP contribution in [0, 0.1) is 0 Å². The maximum atomic E-state index is 12.6. The number of nitrogens with one attached hydrogen (secondary N) is 1. The summed E-state index contributed by atoms with van der Waals surface area (Å²) in [4.78, 5) is 15.1. The lowest BCUT2D eigenvalue weighted by Crippen LogP contribution is -2.72. The summed E-state index contributed by atoms with van der Waals surface area (Å²) in [7, 11) is 0. The van der Waals surface area contributed by atoms with E-state index in [4.69, 9.17) is 23.2 Å². The topological polar surface area (TPSA) is 32.3 Å². The zero-order chi connectivity index (χ0) is 15.0. The van der Waals surface area contributed by atoms with Gasteiger partial charge in [0.1, 0.15) is 0 Å². The molecule has 4 nitrogen and oxygen atoms in total. The van der Waals surface area contributed by atoms with Crippen LogP contribution in [0.15, 0.2) is 18.2 Å². The van der Waals surface area contributed by atoms with Crippen molar-refractivity contribution in [1.29, 1.82) is 0 Å². The van der Waals surface area contributed by atoms with Gasteiger partial charge >= 0.3 is 0 Å². The Morgan fingerprint density at radius 2 is 1.67 bits per heavy atom. The fraction of sp³-hybridized carbons (Fsp3) is 0.533. The van der Waals surface area contributed by atoms with Crippen LogP contribution in [0.4, 0.5) is 5.69 Å². The summed E-state index contributed by atoms with van der Waals surface area (Å²) in [5.74, 6) is 0.0451. The largest absolute Gasteiger partial charge is 0.321 e. The second-order valence-electron chi connectivity index (χ2n) is 6.05. The van der Waals surface area contributed by atoms with Crippen LogP contribution in [-0.4, -0.2) is 60.6 Å². The molecule has 1 amide bonds. The van der Waals surface area contributed by atoms with Crippen LogP contribution >= 0.6 is 23.2 Å². The minimum absolute atomic E-state index is 0.0451. The van der Waals surface area contributed by atoms with Crippen LogP contribution < -0.4 is 5.32 Å². The smallest absolute Gasteiger partial charge is 0.282 e. The van der Waals surface area contributed by atoms with Gasteiger partial charge in [-0.1, -0.05) is 23.2 Å². The number of amides is 1. The highest BCUT2D eigenvalue weighted by molar-refractivity contribution is 6.35. The molecule has 1 aromatic rings. The minimum Gasteiger partial charge on any atom is -0.321 e. The zero-order valence-corrected chi connectivity index (χ0v) is 13.6. The second kappa shape index (κ2) is 5.76. The van der Waals surface area contributed by atoms with E-state index in [1.54, 1.807) is 18.2 Å². The van der Waals surface area contributed by atoms with E-state index in [0.717, 1.165) is 43.8 Å². The van der Waals surface area contributed by atoms with Crippen molar-refractivity contribution < 1.29 is 9.28 Å². The maximum absolute atomic E-state index is 12.6. The van der Waals surface area contributed by atoms with Crippen LogP contribution in [-0.2, 0) is 4.79 Å². The molecule has 0 saturated carbocycles. The van der Waals surface area contributed by atoms with Crippen molar-refractivity contribution >= 4 is 34.8 Å². The number of hydrogen-bond acceptors (Lipinski definition) is 2. The number of benzene rings is 1. The van der Waals surface area contributed by atoms with Gasteiger partial charge < -0.3 is 9.80 Å². The van der Waals surface area contributed by atoms with Crippen molar-refractivity contribution in [2.75, 3.05) is 44.6 Å². The number of fused-ring (bicyclic) bond motifs is 3. The third kappa shape index (κ3) is 3.04. The van der Waals surface area contributed by atoms with Crippen LogP contribution in [0.3, 0.4) is 0 Å². The van der Waals surface area contributed by atoms with Crippen LogP contribution in [0.1, 0.15) is 6.92 Å². The SMILES string of the molecule is C[C@@H](C(=O)Nc1cc(Cl)cc(Cl)c1)[N+]12CCN(CC1)CC2. The molecule has 1 N–H and O–H groups in total. The highest BCUT2D eigenvalue weighted by atomic mass is 35.5. The third-order valence-corrected chi connectivity index (χ3v) is 5.35. The van der Waals surface area contributed by atoms with Crippen molar-refractivity contribution in [3.8, 4) is 0 Å². The van der Waals surface area contributed by atoms with Gasteiger partial charge in [-0.25, -0.2) is 0 Å². The number of halogens is 2. The Labute approximate surface area is 135 Å². The molecule has 0 spiro atoms. The Hall–Kier alpha value is -0.810. The molecule has 1 atom stereocenters. The quantitative estimate of drug-likeness (QED) is 0.864. The van der Waals surface area contributed by atoms with Crippen molar-refractivity contribution in [3.05, 3.63) is 28.2 Å². The van der Waals surface area contributed by atoms with Gasteiger partial charge in [-0.05, 0) is 25.1 Å². The van der Waals surface area contributed by atoms with E-state index in [-0.39, 0.29) is 11.9 Å². The number of quaternary nitrogens is 1. The molecule has 0 radical (unpaired) electrons. The lowest BCUT2D eigenvalue weighted by Gasteiger charge is -2.52. The van der Waals surface area contributed by atoms with Gasteiger partial charge in [-0.3, -0.25) is 9.69 Å². The third-order valence-electron chi connectivity index (χ3n) is 4.92. The van der Waals surface area contributed by atoms with Gasteiger partial charge in [0.25, 0.3) is 5.91 Å². The highest BCUT2D eigenvalue weighted by Gasteiger charge is 2.45. The van der Waals surface area contributed by atoms with E-state index in [1.165, 1.54) is 0 Å². The molecule has 21 heavy (non-hydrogen) atoms. The van der Waals surface area contributed by atoms with E-state index < -0.39 is 0 Å². The monoisotopic (exact) mass is 328 g/mol. The van der Waals surface area contributed by atoms with Crippen molar-refractivity contribution in [2.45, 2.75) is 13.0 Å². The Morgan fingerprint density at radius 3 is 2.19 bits per heavy atom. The summed E-state index contributed by atoms with van der Waals surface area (Å²) >= 11 is 12.0. The molecular weight excluding hydrogens is 309 g/mol. The summed E-state index contributed by atoms with van der Waals surface area (Å²) in [6, 6.07) is 5.07. The molecule has 0 unspecified atom stereocenters. The Bertz CT molecular complexity index is 522. The Kier molecular flexibility index (Phi) is 4.14. The van der Waals surface area contributed by atoms with Crippen molar-refractivity contribution in [1.82, 2.24) is 4.90 Å². The lowest BCUT2D eigenvalue weighted by molar-refractivity contribution is -0.953. The van der Waals surface area contributed by atoms with Gasteiger partial charge in [0.2, 0.25) is 0 Å². The molecule has 3 fully saturated rings. The number of nitrogens with zero attached hydrogens (tertiary/aromatic N) is 2. The molecule has 3 saturated heterocycles. The van der Waals surface area contributed by atoms with Gasteiger partial charge in [-0.15, -0.1) is 0 Å². The summed E-state index contributed by atoms with van der Waals surface area (Å²) in [5, 5.41) is 4.02. The number of anilines is 1.